The fraction of sp³-hybridized carbons (Fsp3) is 0.333. The molecule has 148 valence electrons. The van der Waals surface area contributed by atoms with Crippen LogP contribution in [0.2, 0.25) is 5.02 Å². The van der Waals surface area contributed by atoms with Crippen molar-refractivity contribution in [3.05, 3.63) is 70.5 Å². The number of ether oxygens (including phenoxy) is 1. The van der Waals surface area contributed by atoms with Gasteiger partial charge in [0.05, 0.1) is 0 Å². The van der Waals surface area contributed by atoms with E-state index < -0.39 is 12.2 Å². The standard InChI is InChI=1S/C21H22ClFN2O3/c22-17-5-1-14(2-6-17)19(28-21(24)27)13-25-11-9-16(10-12-25)20(26)15-3-7-18(23)8-4-15/h1-8,16,19H,9-13H2,(H2,24,27)/t19-/m0/s1. The van der Waals surface area contributed by atoms with Crippen LogP contribution in [0.4, 0.5) is 9.18 Å². The molecule has 2 aromatic rings. The number of hydrogen-bond acceptors (Lipinski definition) is 4. The number of rotatable bonds is 6. The van der Waals surface area contributed by atoms with E-state index >= 15 is 0 Å². The Hall–Kier alpha value is -2.44. The molecule has 0 spiro atoms. The number of carbonyl (C=O) groups is 2. The van der Waals surface area contributed by atoms with E-state index in [0.29, 0.717) is 43.1 Å². The first-order valence-corrected chi connectivity index (χ1v) is 9.54. The number of carbonyl (C=O) groups excluding carboxylic acids is 2. The normalized spacial score (nSPS) is 16.5. The van der Waals surface area contributed by atoms with Crippen molar-refractivity contribution in [3.8, 4) is 0 Å². The molecule has 0 unspecified atom stereocenters. The number of amides is 1. The summed E-state index contributed by atoms with van der Waals surface area (Å²) < 4.78 is 18.3. The number of likely N-dealkylation sites (tertiary alicyclic amines) is 1. The zero-order valence-electron chi connectivity index (χ0n) is 15.3. The van der Waals surface area contributed by atoms with E-state index in [9.17, 15) is 14.0 Å². The maximum Gasteiger partial charge on any atom is 0.405 e. The van der Waals surface area contributed by atoms with Gasteiger partial charge in [0.25, 0.3) is 0 Å². The predicted octanol–water partition coefficient (Wildman–Crippen LogP) is 4.21. The largest absolute Gasteiger partial charge is 0.440 e. The number of primary amides is 1. The van der Waals surface area contributed by atoms with Crippen molar-refractivity contribution in [1.29, 1.82) is 0 Å². The first-order valence-electron chi connectivity index (χ1n) is 9.16. The quantitative estimate of drug-likeness (QED) is 0.732. The predicted molar refractivity (Wildman–Crippen MR) is 105 cm³/mol. The van der Waals surface area contributed by atoms with Crippen molar-refractivity contribution in [2.24, 2.45) is 11.7 Å². The third-order valence-electron chi connectivity index (χ3n) is 5.01. The minimum atomic E-state index is -0.832. The molecule has 0 saturated carbocycles. The van der Waals surface area contributed by atoms with Crippen LogP contribution in [0.3, 0.4) is 0 Å². The number of Topliss-reactive ketones (excluding diaryl/α,β-unsaturated/α-hetero) is 1. The fourth-order valence-corrected chi connectivity index (χ4v) is 3.62. The molecule has 1 fully saturated rings. The van der Waals surface area contributed by atoms with Crippen LogP contribution in [0, 0.1) is 11.7 Å². The van der Waals surface area contributed by atoms with Gasteiger partial charge in [0.2, 0.25) is 0 Å². The van der Waals surface area contributed by atoms with Crippen molar-refractivity contribution in [2.75, 3.05) is 19.6 Å². The lowest BCUT2D eigenvalue weighted by atomic mass is 9.88. The topological polar surface area (TPSA) is 72.6 Å². The Kier molecular flexibility index (Phi) is 6.65. The Bertz CT molecular complexity index is 819. The second-order valence-corrected chi connectivity index (χ2v) is 7.36. The molecule has 1 heterocycles. The lowest BCUT2D eigenvalue weighted by molar-refractivity contribution is 0.0598. The number of piperidine rings is 1. The van der Waals surface area contributed by atoms with Crippen LogP contribution in [0.1, 0.15) is 34.9 Å². The first kappa shape index (κ1) is 20.3. The summed E-state index contributed by atoms with van der Waals surface area (Å²) in [6.45, 7) is 1.88. The Morgan fingerprint density at radius 3 is 2.29 bits per heavy atom. The van der Waals surface area contributed by atoms with Crippen LogP contribution in [-0.4, -0.2) is 36.4 Å². The Morgan fingerprint density at radius 1 is 1.11 bits per heavy atom. The third-order valence-corrected chi connectivity index (χ3v) is 5.26. The van der Waals surface area contributed by atoms with E-state index in [2.05, 4.69) is 4.90 Å². The zero-order chi connectivity index (χ0) is 20.1. The molecule has 2 N–H and O–H groups in total. The summed E-state index contributed by atoms with van der Waals surface area (Å²) >= 11 is 5.92. The zero-order valence-corrected chi connectivity index (χ0v) is 16.1. The highest BCUT2D eigenvalue weighted by Gasteiger charge is 2.28. The van der Waals surface area contributed by atoms with Gasteiger partial charge in [-0.15, -0.1) is 0 Å². The average molecular weight is 405 g/mol. The van der Waals surface area contributed by atoms with Crippen LogP contribution < -0.4 is 5.73 Å². The van der Waals surface area contributed by atoms with Gasteiger partial charge in [0.15, 0.2) is 5.78 Å². The van der Waals surface area contributed by atoms with Gasteiger partial charge in [-0.3, -0.25) is 9.69 Å². The smallest absolute Gasteiger partial charge is 0.405 e. The number of nitrogens with two attached hydrogens (primary N) is 1. The Balaban J connectivity index is 1.59. The van der Waals surface area contributed by atoms with Crippen molar-refractivity contribution in [2.45, 2.75) is 18.9 Å². The lowest BCUT2D eigenvalue weighted by Crippen LogP contribution is -2.39. The van der Waals surface area contributed by atoms with Gasteiger partial charge in [0, 0.05) is 23.0 Å². The molecular formula is C21H22ClFN2O3. The van der Waals surface area contributed by atoms with E-state index in [1.807, 2.05) is 0 Å². The summed E-state index contributed by atoms with van der Waals surface area (Å²) in [6, 6.07) is 12.8. The Labute approximate surface area is 168 Å². The molecule has 1 aliphatic heterocycles. The highest BCUT2D eigenvalue weighted by molar-refractivity contribution is 6.30. The summed E-state index contributed by atoms with van der Waals surface area (Å²) in [5.74, 6) is -0.399. The second-order valence-electron chi connectivity index (χ2n) is 6.92. The van der Waals surface area contributed by atoms with E-state index in [1.165, 1.54) is 24.3 Å². The molecule has 1 saturated heterocycles. The van der Waals surface area contributed by atoms with Crippen molar-refractivity contribution in [3.63, 3.8) is 0 Å². The van der Waals surface area contributed by atoms with Gasteiger partial charge in [-0.05, 0) is 67.9 Å². The summed E-state index contributed by atoms with van der Waals surface area (Å²) in [6.07, 6.45) is 0.0562. The summed E-state index contributed by atoms with van der Waals surface area (Å²) in [5.41, 5.74) is 6.58. The molecule has 2 aromatic carbocycles. The molecule has 5 nitrogen and oxygen atoms in total. The molecule has 0 aliphatic carbocycles. The van der Waals surface area contributed by atoms with Gasteiger partial charge in [-0.2, -0.15) is 0 Å². The van der Waals surface area contributed by atoms with Crippen molar-refractivity contribution < 1.29 is 18.7 Å². The number of benzene rings is 2. The molecule has 0 radical (unpaired) electrons. The van der Waals surface area contributed by atoms with Crippen molar-refractivity contribution in [1.82, 2.24) is 4.90 Å². The number of nitrogens with zero attached hydrogens (tertiary/aromatic N) is 1. The lowest BCUT2D eigenvalue weighted by Gasteiger charge is -2.33. The summed E-state index contributed by atoms with van der Waals surface area (Å²) in [4.78, 5) is 26.0. The van der Waals surface area contributed by atoms with Gasteiger partial charge in [-0.25, -0.2) is 9.18 Å². The van der Waals surface area contributed by atoms with Gasteiger partial charge >= 0.3 is 6.09 Å². The summed E-state index contributed by atoms with van der Waals surface area (Å²) in [7, 11) is 0. The molecule has 0 bridgehead atoms. The van der Waals surface area contributed by atoms with Gasteiger partial charge < -0.3 is 10.5 Å². The average Bonchev–Trinajstić information content (AvgIpc) is 2.68. The van der Waals surface area contributed by atoms with Crippen LogP contribution in [0.15, 0.2) is 48.5 Å². The van der Waals surface area contributed by atoms with E-state index in [-0.39, 0.29) is 17.5 Å². The van der Waals surface area contributed by atoms with Crippen LogP contribution in [-0.2, 0) is 4.74 Å². The minimum absolute atomic E-state index is 0.0438. The molecule has 1 atom stereocenters. The van der Waals surface area contributed by atoms with Crippen LogP contribution in [0.25, 0.3) is 0 Å². The molecule has 0 aromatic heterocycles. The van der Waals surface area contributed by atoms with E-state index in [4.69, 9.17) is 22.1 Å². The third kappa shape index (κ3) is 5.30. The number of halogens is 2. The van der Waals surface area contributed by atoms with Gasteiger partial charge in [-0.1, -0.05) is 23.7 Å². The molecule has 7 heteroatoms. The fourth-order valence-electron chi connectivity index (χ4n) is 3.49. The molecule has 1 aliphatic rings. The maximum absolute atomic E-state index is 13.0. The number of ketones is 1. The van der Waals surface area contributed by atoms with E-state index in [1.54, 1.807) is 24.3 Å². The molecule has 28 heavy (non-hydrogen) atoms. The highest BCUT2D eigenvalue weighted by Crippen LogP contribution is 2.26. The second kappa shape index (κ2) is 9.17. The first-order chi connectivity index (χ1) is 13.4. The maximum atomic E-state index is 13.0. The van der Waals surface area contributed by atoms with Crippen LogP contribution in [0.5, 0.6) is 0 Å². The minimum Gasteiger partial charge on any atom is -0.440 e. The summed E-state index contributed by atoms with van der Waals surface area (Å²) in [5, 5.41) is 0.599. The monoisotopic (exact) mass is 404 g/mol. The van der Waals surface area contributed by atoms with Crippen LogP contribution >= 0.6 is 11.6 Å². The molecule has 3 rings (SSSR count). The van der Waals surface area contributed by atoms with Crippen molar-refractivity contribution >= 4 is 23.5 Å². The SMILES string of the molecule is NC(=O)O[C@@H](CN1CCC(C(=O)c2ccc(F)cc2)CC1)c1ccc(Cl)cc1. The molecule has 1 amide bonds. The highest BCUT2D eigenvalue weighted by atomic mass is 35.5. The van der Waals surface area contributed by atoms with E-state index in [0.717, 1.165) is 5.56 Å². The Morgan fingerprint density at radius 2 is 1.71 bits per heavy atom. The van der Waals surface area contributed by atoms with Gasteiger partial charge in [0.1, 0.15) is 11.9 Å². The molecular weight excluding hydrogens is 383 g/mol. The number of hydrogen-bond donors (Lipinski definition) is 1.